The van der Waals surface area contributed by atoms with E-state index in [0.717, 1.165) is 18.1 Å². The molecule has 0 aliphatic carbocycles. The van der Waals surface area contributed by atoms with Crippen LogP contribution in [0.15, 0.2) is 24.3 Å². The zero-order valence-corrected chi connectivity index (χ0v) is 14.4. The van der Waals surface area contributed by atoms with Crippen LogP contribution in [0.2, 0.25) is 5.02 Å². The third-order valence-electron chi connectivity index (χ3n) is 4.94. The van der Waals surface area contributed by atoms with Crippen LogP contribution in [0, 0.1) is 5.41 Å². The third kappa shape index (κ3) is 4.21. The summed E-state index contributed by atoms with van der Waals surface area (Å²) in [5, 5.41) is 4.48. The van der Waals surface area contributed by atoms with Crippen LogP contribution in [0.25, 0.3) is 0 Å². The Kier molecular flexibility index (Phi) is 6.09. The molecule has 2 nitrogen and oxygen atoms in total. The van der Waals surface area contributed by atoms with E-state index < -0.39 is 0 Å². The van der Waals surface area contributed by atoms with E-state index in [-0.39, 0.29) is 0 Å². The van der Waals surface area contributed by atoms with Gasteiger partial charge in [0.05, 0.1) is 0 Å². The van der Waals surface area contributed by atoms with Gasteiger partial charge in [-0.1, -0.05) is 43.1 Å². The van der Waals surface area contributed by atoms with Gasteiger partial charge in [-0.25, -0.2) is 0 Å². The third-order valence-corrected chi connectivity index (χ3v) is 5.29. The van der Waals surface area contributed by atoms with Crippen molar-refractivity contribution in [3.8, 4) is 0 Å². The van der Waals surface area contributed by atoms with Crippen molar-refractivity contribution < 1.29 is 0 Å². The summed E-state index contributed by atoms with van der Waals surface area (Å²) in [6, 6.07) is 8.58. The molecule has 1 aliphatic rings. The highest BCUT2D eigenvalue weighted by Gasteiger charge is 2.33. The Bertz CT molecular complexity index is 435. The number of halogens is 1. The first-order valence-corrected chi connectivity index (χ1v) is 8.61. The fourth-order valence-corrected chi connectivity index (χ4v) is 4.00. The number of hydrogen-bond acceptors (Lipinski definition) is 2. The van der Waals surface area contributed by atoms with Gasteiger partial charge in [-0.3, -0.25) is 4.90 Å². The van der Waals surface area contributed by atoms with Crippen molar-refractivity contribution in [1.82, 2.24) is 10.2 Å². The SMILES string of the molecule is CCCC1(CN(C)C(C)c2ccccc2Cl)CCCNC1. The van der Waals surface area contributed by atoms with Crippen molar-refractivity contribution in [1.29, 1.82) is 0 Å². The maximum absolute atomic E-state index is 6.36. The number of rotatable bonds is 6. The van der Waals surface area contributed by atoms with Gasteiger partial charge in [-0.15, -0.1) is 0 Å². The molecule has 0 spiro atoms. The van der Waals surface area contributed by atoms with E-state index in [1.54, 1.807) is 0 Å². The predicted octanol–water partition coefficient (Wildman–Crippen LogP) is 4.50. The van der Waals surface area contributed by atoms with Crippen LogP contribution in [0.3, 0.4) is 0 Å². The first-order valence-electron chi connectivity index (χ1n) is 8.23. The summed E-state index contributed by atoms with van der Waals surface area (Å²) in [5.74, 6) is 0. The van der Waals surface area contributed by atoms with Crippen molar-refractivity contribution in [2.45, 2.75) is 45.6 Å². The number of piperidine rings is 1. The first kappa shape index (κ1) is 16.8. The zero-order chi connectivity index (χ0) is 15.3. The summed E-state index contributed by atoms with van der Waals surface area (Å²) in [4.78, 5) is 2.48. The van der Waals surface area contributed by atoms with E-state index in [1.807, 2.05) is 12.1 Å². The van der Waals surface area contributed by atoms with Crippen molar-refractivity contribution in [2.24, 2.45) is 5.41 Å². The van der Waals surface area contributed by atoms with Gasteiger partial charge in [-0.2, -0.15) is 0 Å². The summed E-state index contributed by atoms with van der Waals surface area (Å²) in [7, 11) is 2.24. The molecule has 0 amide bonds. The predicted molar refractivity (Wildman–Crippen MR) is 91.9 cm³/mol. The Balaban J connectivity index is 2.08. The van der Waals surface area contributed by atoms with Crippen LogP contribution >= 0.6 is 11.6 Å². The smallest absolute Gasteiger partial charge is 0.0453 e. The maximum atomic E-state index is 6.36. The molecule has 2 atom stereocenters. The number of nitrogens with zero attached hydrogens (tertiary/aromatic N) is 1. The van der Waals surface area contributed by atoms with Crippen molar-refractivity contribution in [3.63, 3.8) is 0 Å². The standard InChI is InChI=1S/C18H29ClN2/c1-4-10-18(11-7-12-20-13-18)14-21(3)15(2)16-8-5-6-9-17(16)19/h5-6,8-9,15,20H,4,7,10-14H2,1-3H3. The normalized spacial score (nSPS) is 24.2. The highest BCUT2D eigenvalue weighted by molar-refractivity contribution is 6.31. The summed E-state index contributed by atoms with van der Waals surface area (Å²) in [6.07, 6.45) is 5.21. The van der Waals surface area contributed by atoms with E-state index in [9.17, 15) is 0 Å². The molecule has 1 aliphatic heterocycles. The van der Waals surface area contributed by atoms with Gasteiger partial charge >= 0.3 is 0 Å². The molecule has 0 aromatic heterocycles. The Labute approximate surface area is 134 Å². The van der Waals surface area contributed by atoms with E-state index in [2.05, 4.69) is 43.2 Å². The van der Waals surface area contributed by atoms with Gasteiger partial charge in [0.15, 0.2) is 0 Å². The largest absolute Gasteiger partial charge is 0.316 e. The Morgan fingerprint density at radius 3 is 2.76 bits per heavy atom. The maximum Gasteiger partial charge on any atom is 0.0453 e. The van der Waals surface area contributed by atoms with E-state index >= 15 is 0 Å². The van der Waals surface area contributed by atoms with Gasteiger partial charge in [0.2, 0.25) is 0 Å². The first-order chi connectivity index (χ1) is 10.1. The molecule has 3 heteroatoms. The van der Waals surface area contributed by atoms with Crippen LogP contribution in [0.4, 0.5) is 0 Å². The van der Waals surface area contributed by atoms with Crippen LogP contribution in [0.1, 0.15) is 51.1 Å². The lowest BCUT2D eigenvalue weighted by Gasteiger charge is -2.42. The number of hydrogen-bond donors (Lipinski definition) is 1. The molecule has 118 valence electrons. The lowest BCUT2D eigenvalue weighted by atomic mass is 9.76. The van der Waals surface area contributed by atoms with Crippen LogP contribution < -0.4 is 5.32 Å². The van der Waals surface area contributed by atoms with Gasteiger partial charge in [-0.05, 0) is 56.8 Å². The van der Waals surface area contributed by atoms with Crippen LogP contribution in [-0.4, -0.2) is 31.6 Å². The lowest BCUT2D eigenvalue weighted by molar-refractivity contribution is 0.101. The van der Waals surface area contributed by atoms with Gasteiger partial charge < -0.3 is 5.32 Å². The van der Waals surface area contributed by atoms with Crippen molar-refractivity contribution in [2.75, 3.05) is 26.7 Å². The molecule has 2 rings (SSSR count). The molecule has 21 heavy (non-hydrogen) atoms. The minimum atomic E-state index is 0.356. The molecule has 0 bridgehead atoms. The van der Waals surface area contributed by atoms with Gasteiger partial charge in [0.1, 0.15) is 0 Å². The molecule has 1 saturated heterocycles. The van der Waals surface area contributed by atoms with Crippen LogP contribution in [0.5, 0.6) is 0 Å². The average molecular weight is 309 g/mol. The zero-order valence-electron chi connectivity index (χ0n) is 13.7. The monoisotopic (exact) mass is 308 g/mol. The molecule has 0 saturated carbocycles. The highest BCUT2D eigenvalue weighted by Crippen LogP contribution is 2.35. The minimum absolute atomic E-state index is 0.356. The molecule has 1 aromatic rings. The fourth-order valence-electron chi connectivity index (χ4n) is 3.71. The van der Waals surface area contributed by atoms with E-state index in [0.29, 0.717) is 11.5 Å². The molecule has 1 fully saturated rings. The van der Waals surface area contributed by atoms with E-state index in [1.165, 1.54) is 37.8 Å². The van der Waals surface area contributed by atoms with Crippen molar-refractivity contribution >= 4 is 11.6 Å². The second-order valence-electron chi connectivity index (χ2n) is 6.64. The molecular formula is C18H29ClN2. The lowest BCUT2D eigenvalue weighted by Crippen LogP contribution is -2.47. The topological polar surface area (TPSA) is 15.3 Å². The molecule has 1 aromatic carbocycles. The fraction of sp³-hybridized carbons (Fsp3) is 0.667. The molecule has 2 unspecified atom stereocenters. The molecule has 1 N–H and O–H groups in total. The second-order valence-corrected chi connectivity index (χ2v) is 7.05. The molecular weight excluding hydrogens is 280 g/mol. The quantitative estimate of drug-likeness (QED) is 0.832. The summed E-state index contributed by atoms with van der Waals surface area (Å²) >= 11 is 6.36. The Morgan fingerprint density at radius 1 is 1.38 bits per heavy atom. The van der Waals surface area contributed by atoms with Gasteiger partial charge in [0.25, 0.3) is 0 Å². The summed E-state index contributed by atoms with van der Waals surface area (Å²) in [5.41, 5.74) is 1.66. The van der Waals surface area contributed by atoms with Gasteiger partial charge in [0, 0.05) is 24.2 Å². The van der Waals surface area contributed by atoms with Crippen molar-refractivity contribution in [3.05, 3.63) is 34.9 Å². The Morgan fingerprint density at radius 2 is 2.14 bits per heavy atom. The highest BCUT2D eigenvalue weighted by atomic mass is 35.5. The van der Waals surface area contributed by atoms with Crippen LogP contribution in [-0.2, 0) is 0 Å². The number of benzene rings is 1. The second kappa shape index (κ2) is 7.62. The average Bonchev–Trinajstić information content (AvgIpc) is 2.48. The number of nitrogens with one attached hydrogen (secondary N) is 1. The van der Waals surface area contributed by atoms with E-state index in [4.69, 9.17) is 11.6 Å². The summed E-state index contributed by atoms with van der Waals surface area (Å²) < 4.78 is 0. The molecule has 0 radical (unpaired) electrons. The summed E-state index contributed by atoms with van der Waals surface area (Å²) in [6.45, 7) is 8.03. The Hall–Kier alpha value is -0.570. The minimum Gasteiger partial charge on any atom is -0.316 e. The molecule has 1 heterocycles.